The fraction of sp³-hybridized carbons (Fsp3) is 0.600. The largest absolute Gasteiger partial charge is 0.480 e. The highest BCUT2D eigenvalue weighted by Crippen LogP contribution is 2.04. The predicted octanol–water partition coefficient (Wildman–Crippen LogP) is -1.71. The van der Waals surface area contributed by atoms with Crippen molar-refractivity contribution in [3.63, 3.8) is 0 Å². The zero-order valence-electron chi connectivity index (χ0n) is 5.20. The van der Waals surface area contributed by atoms with Crippen LogP contribution in [0, 0.1) is 0 Å². The van der Waals surface area contributed by atoms with E-state index >= 15 is 0 Å². The Hall–Kier alpha value is -1.10. The second-order valence-electron chi connectivity index (χ2n) is 2.24. The number of hydrogen-bond acceptors (Lipinski definition) is 3. The van der Waals surface area contributed by atoms with Gasteiger partial charge in [0.05, 0.1) is 6.04 Å². The summed E-state index contributed by atoms with van der Waals surface area (Å²) in [5.74, 6) is -1.41. The molecule has 0 unspecified atom stereocenters. The number of aliphatic carboxylic acids is 1. The van der Waals surface area contributed by atoms with Gasteiger partial charge in [0.25, 0.3) is 0 Å². The van der Waals surface area contributed by atoms with Gasteiger partial charge < -0.3 is 16.2 Å². The van der Waals surface area contributed by atoms with Crippen LogP contribution in [0.2, 0.25) is 0 Å². The molecule has 0 aromatic rings. The smallest absolute Gasteiger partial charge is 0.326 e. The Labute approximate surface area is 57.2 Å². The highest BCUT2D eigenvalue weighted by atomic mass is 16.4. The molecule has 1 saturated heterocycles. The Bertz CT molecular complexity index is 180. The summed E-state index contributed by atoms with van der Waals surface area (Å²) in [6.07, 6.45) is 0.189. The van der Waals surface area contributed by atoms with E-state index in [-0.39, 0.29) is 12.3 Å². The predicted molar refractivity (Wildman–Crippen MR) is 32.2 cm³/mol. The molecule has 1 amide bonds. The van der Waals surface area contributed by atoms with E-state index in [1.54, 1.807) is 0 Å². The van der Waals surface area contributed by atoms with Crippen LogP contribution in [0.25, 0.3) is 0 Å². The first-order chi connectivity index (χ1) is 4.61. The average molecular weight is 144 g/mol. The van der Waals surface area contributed by atoms with Gasteiger partial charge in [0.2, 0.25) is 5.91 Å². The second kappa shape index (κ2) is 2.26. The maximum Gasteiger partial charge on any atom is 0.326 e. The van der Waals surface area contributed by atoms with Gasteiger partial charge in [-0.05, 0) is 0 Å². The van der Waals surface area contributed by atoms with Crippen molar-refractivity contribution in [3.05, 3.63) is 0 Å². The summed E-state index contributed by atoms with van der Waals surface area (Å²) in [4.78, 5) is 20.8. The molecule has 10 heavy (non-hydrogen) atoms. The summed E-state index contributed by atoms with van der Waals surface area (Å²) in [6, 6.07) is -1.44. The van der Waals surface area contributed by atoms with Crippen LogP contribution in [0.5, 0.6) is 0 Å². The van der Waals surface area contributed by atoms with Gasteiger partial charge in [0.15, 0.2) is 0 Å². The molecule has 1 aliphatic heterocycles. The van der Waals surface area contributed by atoms with E-state index in [9.17, 15) is 9.59 Å². The molecule has 1 aliphatic rings. The molecule has 0 saturated carbocycles. The van der Waals surface area contributed by atoms with Crippen molar-refractivity contribution in [2.45, 2.75) is 18.5 Å². The fourth-order valence-corrected chi connectivity index (χ4v) is 0.861. The average Bonchev–Trinajstić information content (AvgIpc) is 2.13. The maximum atomic E-state index is 10.6. The lowest BCUT2D eigenvalue weighted by Gasteiger charge is -1.99. The van der Waals surface area contributed by atoms with Crippen LogP contribution >= 0.6 is 0 Å². The van der Waals surface area contributed by atoms with Gasteiger partial charge in [-0.15, -0.1) is 0 Å². The van der Waals surface area contributed by atoms with E-state index in [2.05, 4.69) is 5.32 Å². The number of rotatable bonds is 1. The van der Waals surface area contributed by atoms with Gasteiger partial charge in [-0.25, -0.2) is 4.79 Å². The molecule has 0 radical (unpaired) electrons. The van der Waals surface area contributed by atoms with Crippen LogP contribution < -0.4 is 11.1 Å². The third-order valence-electron chi connectivity index (χ3n) is 1.44. The summed E-state index contributed by atoms with van der Waals surface area (Å²) >= 11 is 0. The number of amides is 1. The van der Waals surface area contributed by atoms with Gasteiger partial charge in [-0.2, -0.15) is 0 Å². The van der Waals surface area contributed by atoms with Gasteiger partial charge in [-0.3, -0.25) is 4.79 Å². The van der Waals surface area contributed by atoms with Crippen LogP contribution in [0.15, 0.2) is 0 Å². The van der Waals surface area contributed by atoms with E-state index in [0.29, 0.717) is 0 Å². The van der Waals surface area contributed by atoms with Crippen molar-refractivity contribution in [1.29, 1.82) is 0 Å². The molecule has 5 nitrogen and oxygen atoms in total. The standard InChI is InChI=1S/C5H8N2O3/c6-2-1-3(5(9)10)7-4(2)8/h2-3H,1,6H2,(H,7,8)(H,9,10)/t2-,3-/m0/s1. The van der Waals surface area contributed by atoms with Crippen LogP contribution in [-0.4, -0.2) is 29.1 Å². The molecule has 56 valence electrons. The molecule has 1 heterocycles. The molecule has 1 rings (SSSR count). The Morgan fingerprint density at radius 2 is 2.40 bits per heavy atom. The summed E-state index contributed by atoms with van der Waals surface area (Å²) in [6.45, 7) is 0. The number of carboxylic acid groups (broad SMARTS) is 1. The summed E-state index contributed by atoms with van der Waals surface area (Å²) < 4.78 is 0. The Balaban J connectivity index is 2.57. The third-order valence-corrected chi connectivity index (χ3v) is 1.44. The zero-order chi connectivity index (χ0) is 7.72. The molecule has 0 bridgehead atoms. The quantitative estimate of drug-likeness (QED) is 0.408. The first kappa shape index (κ1) is 7.01. The van der Waals surface area contributed by atoms with Gasteiger partial charge in [0.1, 0.15) is 6.04 Å². The Morgan fingerprint density at radius 1 is 1.80 bits per heavy atom. The van der Waals surface area contributed by atoms with E-state index in [4.69, 9.17) is 10.8 Å². The van der Waals surface area contributed by atoms with Crippen molar-refractivity contribution < 1.29 is 14.7 Å². The topological polar surface area (TPSA) is 92.4 Å². The lowest BCUT2D eigenvalue weighted by molar-refractivity contribution is -0.140. The van der Waals surface area contributed by atoms with Crippen LogP contribution in [0.4, 0.5) is 0 Å². The number of nitrogens with two attached hydrogens (primary N) is 1. The van der Waals surface area contributed by atoms with E-state index in [0.717, 1.165) is 0 Å². The number of nitrogens with one attached hydrogen (secondary N) is 1. The van der Waals surface area contributed by atoms with Crippen molar-refractivity contribution in [2.24, 2.45) is 5.73 Å². The number of hydrogen-bond donors (Lipinski definition) is 3. The monoisotopic (exact) mass is 144 g/mol. The Morgan fingerprint density at radius 3 is 2.60 bits per heavy atom. The summed E-state index contributed by atoms with van der Waals surface area (Å²) in [5.41, 5.74) is 5.23. The summed E-state index contributed by atoms with van der Waals surface area (Å²) in [7, 11) is 0. The Kier molecular flexibility index (Phi) is 1.58. The normalized spacial score (nSPS) is 31.9. The molecular formula is C5H8N2O3. The first-order valence-corrected chi connectivity index (χ1v) is 2.90. The lowest BCUT2D eigenvalue weighted by Crippen LogP contribution is -2.34. The second-order valence-corrected chi connectivity index (χ2v) is 2.24. The van der Waals surface area contributed by atoms with Crippen LogP contribution in [0.3, 0.4) is 0 Å². The zero-order valence-corrected chi connectivity index (χ0v) is 5.20. The molecular weight excluding hydrogens is 136 g/mol. The van der Waals surface area contributed by atoms with E-state index < -0.39 is 18.1 Å². The number of carboxylic acids is 1. The number of carbonyl (C=O) groups excluding carboxylic acids is 1. The van der Waals surface area contributed by atoms with E-state index in [1.807, 2.05) is 0 Å². The van der Waals surface area contributed by atoms with Crippen molar-refractivity contribution in [3.8, 4) is 0 Å². The minimum Gasteiger partial charge on any atom is -0.480 e. The molecule has 5 heteroatoms. The van der Waals surface area contributed by atoms with E-state index in [1.165, 1.54) is 0 Å². The van der Waals surface area contributed by atoms with Crippen LogP contribution in [0.1, 0.15) is 6.42 Å². The maximum absolute atomic E-state index is 10.6. The van der Waals surface area contributed by atoms with Crippen molar-refractivity contribution in [1.82, 2.24) is 5.32 Å². The molecule has 2 atom stereocenters. The molecule has 0 aromatic carbocycles. The van der Waals surface area contributed by atoms with Gasteiger partial charge >= 0.3 is 5.97 Å². The third kappa shape index (κ3) is 1.08. The van der Waals surface area contributed by atoms with Gasteiger partial charge in [0, 0.05) is 6.42 Å². The molecule has 0 aliphatic carbocycles. The highest BCUT2D eigenvalue weighted by Gasteiger charge is 2.33. The molecule has 0 aromatic heterocycles. The minimum atomic E-state index is -1.03. The number of carbonyl (C=O) groups is 2. The minimum absolute atomic E-state index is 0.189. The van der Waals surface area contributed by atoms with Gasteiger partial charge in [-0.1, -0.05) is 0 Å². The van der Waals surface area contributed by atoms with Crippen molar-refractivity contribution in [2.75, 3.05) is 0 Å². The summed E-state index contributed by atoms with van der Waals surface area (Å²) in [5, 5.41) is 10.6. The molecule has 0 spiro atoms. The lowest BCUT2D eigenvalue weighted by atomic mass is 10.2. The van der Waals surface area contributed by atoms with Crippen molar-refractivity contribution >= 4 is 11.9 Å². The highest BCUT2D eigenvalue weighted by molar-refractivity contribution is 5.90. The van der Waals surface area contributed by atoms with Crippen LogP contribution in [-0.2, 0) is 9.59 Å². The fourth-order valence-electron chi connectivity index (χ4n) is 0.861. The first-order valence-electron chi connectivity index (χ1n) is 2.90. The molecule has 1 fully saturated rings. The SMILES string of the molecule is N[C@H]1C[C@@H](C(=O)O)NC1=O. The molecule has 4 N–H and O–H groups in total.